The second-order valence-electron chi connectivity index (χ2n) is 5.04. The van der Waals surface area contributed by atoms with Crippen molar-refractivity contribution in [3.63, 3.8) is 0 Å². The van der Waals surface area contributed by atoms with E-state index >= 15 is 0 Å². The Morgan fingerprint density at radius 3 is 2.96 bits per heavy atom. The van der Waals surface area contributed by atoms with Crippen molar-refractivity contribution in [2.45, 2.75) is 0 Å². The van der Waals surface area contributed by atoms with E-state index < -0.39 is 5.82 Å². The van der Waals surface area contributed by atoms with E-state index in [-0.39, 0.29) is 22.3 Å². The first-order valence-corrected chi connectivity index (χ1v) is 7.68. The van der Waals surface area contributed by atoms with Crippen molar-refractivity contribution in [1.29, 1.82) is 0 Å². The topological polar surface area (TPSA) is 60.9 Å². The first-order chi connectivity index (χ1) is 11.1. The predicted molar refractivity (Wildman–Crippen MR) is 85.8 cm³/mol. The standard InChI is InChI=1S/C16H10FN3O2S/c1-20-8-11(14(21)10-7-9(17)4-5-12(10)20)16-18-15(19-22-16)13-3-2-6-23-13/h2-8H,1H3. The lowest BCUT2D eigenvalue weighted by Gasteiger charge is -2.06. The Labute approximate surface area is 133 Å². The molecule has 0 saturated heterocycles. The van der Waals surface area contributed by atoms with Crippen LogP contribution in [0.15, 0.2) is 51.2 Å². The molecule has 0 spiro atoms. The van der Waals surface area contributed by atoms with Gasteiger partial charge in [-0.05, 0) is 29.6 Å². The second-order valence-corrected chi connectivity index (χ2v) is 5.99. The zero-order valence-corrected chi connectivity index (χ0v) is 12.8. The summed E-state index contributed by atoms with van der Waals surface area (Å²) in [5.41, 5.74) is 0.554. The smallest absolute Gasteiger partial charge is 0.263 e. The third kappa shape index (κ3) is 2.25. The van der Waals surface area contributed by atoms with Crippen molar-refractivity contribution < 1.29 is 8.91 Å². The molecular formula is C16H10FN3O2S. The Morgan fingerprint density at radius 2 is 2.17 bits per heavy atom. The Morgan fingerprint density at radius 1 is 1.30 bits per heavy atom. The van der Waals surface area contributed by atoms with Crippen LogP contribution in [-0.2, 0) is 7.05 Å². The summed E-state index contributed by atoms with van der Waals surface area (Å²) in [5.74, 6) is 0.0908. The third-order valence-electron chi connectivity index (χ3n) is 3.55. The average Bonchev–Trinajstić information content (AvgIpc) is 3.21. The third-order valence-corrected chi connectivity index (χ3v) is 4.41. The Balaban J connectivity index is 1.93. The number of halogens is 1. The summed E-state index contributed by atoms with van der Waals surface area (Å²) in [5, 5.41) is 6.09. The lowest BCUT2D eigenvalue weighted by Crippen LogP contribution is -2.10. The van der Waals surface area contributed by atoms with Crippen molar-refractivity contribution in [1.82, 2.24) is 14.7 Å². The van der Waals surface area contributed by atoms with Crippen LogP contribution in [0.3, 0.4) is 0 Å². The van der Waals surface area contributed by atoms with E-state index in [4.69, 9.17) is 4.52 Å². The largest absolute Gasteiger partial charge is 0.350 e. The minimum atomic E-state index is -0.462. The SMILES string of the molecule is Cn1cc(-c2nc(-c3cccs3)no2)c(=O)c2cc(F)ccc21. The van der Waals surface area contributed by atoms with Crippen molar-refractivity contribution in [3.8, 4) is 22.2 Å². The van der Waals surface area contributed by atoms with Gasteiger partial charge in [-0.3, -0.25) is 4.79 Å². The Kier molecular flexibility index (Phi) is 3.09. The number of hydrogen-bond acceptors (Lipinski definition) is 5. The zero-order valence-electron chi connectivity index (χ0n) is 12.0. The first-order valence-electron chi connectivity index (χ1n) is 6.80. The average molecular weight is 327 g/mol. The molecule has 4 aromatic rings. The van der Waals surface area contributed by atoms with Crippen LogP contribution >= 0.6 is 11.3 Å². The van der Waals surface area contributed by atoms with Crippen molar-refractivity contribution in [3.05, 3.63) is 57.9 Å². The van der Waals surface area contributed by atoms with Gasteiger partial charge in [-0.1, -0.05) is 11.2 Å². The summed E-state index contributed by atoms with van der Waals surface area (Å²) < 4.78 is 20.4. The molecule has 0 unspecified atom stereocenters. The van der Waals surface area contributed by atoms with E-state index in [0.29, 0.717) is 11.3 Å². The maximum Gasteiger partial charge on any atom is 0.263 e. The van der Waals surface area contributed by atoms with Gasteiger partial charge in [0, 0.05) is 18.6 Å². The van der Waals surface area contributed by atoms with Gasteiger partial charge in [0.1, 0.15) is 11.4 Å². The number of pyridine rings is 1. The number of hydrogen-bond donors (Lipinski definition) is 0. The molecule has 0 fully saturated rings. The molecule has 0 aliphatic carbocycles. The van der Waals surface area contributed by atoms with E-state index in [2.05, 4.69) is 10.1 Å². The molecule has 0 saturated carbocycles. The fraction of sp³-hybridized carbons (Fsp3) is 0.0625. The Hall–Kier alpha value is -2.80. The molecule has 23 heavy (non-hydrogen) atoms. The maximum absolute atomic E-state index is 13.5. The quantitative estimate of drug-likeness (QED) is 0.566. The highest BCUT2D eigenvalue weighted by Crippen LogP contribution is 2.25. The molecule has 0 N–H and O–H groups in total. The molecule has 7 heteroatoms. The van der Waals surface area contributed by atoms with E-state index in [0.717, 1.165) is 4.88 Å². The van der Waals surface area contributed by atoms with Crippen molar-refractivity contribution >= 4 is 22.2 Å². The molecule has 114 valence electrons. The summed E-state index contributed by atoms with van der Waals surface area (Å²) in [6, 6.07) is 7.86. The molecule has 4 rings (SSSR count). The number of thiophene rings is 1. The van der Waals surface area contributed by atoms with Crippen LogP contribution in [0, 0.1) is 5.82 Å². The van der Waals surface area contributed by atoms with Crippen molar-refractivity contribution in [2.75, 3.05) is 0 Å². The van der Waals surface area contributed by atoms with Gasteiger partial charge in [0.25, 0.3) is 5.89 Å². The fourth-order valence-electron chi connectivity index (χ4n) is 2.46. The number of aromatic nitrogens is 3. The lowest BCUT2D eigenvalue weighted by molar-refractivity contribution is 0.432. The van der Waals surface area contributed by atoms with Gasteiger partial charge < -0.3 is 9.09 Å². The van der Waals surface area contributed by atoms with Gasteiger partial charge in [0.15, 0.2) is 0 Å². The van der Waals surface area contributed by atoms with Crippen LogP contribution in [0.1, 0.15) is 0 Å². The minimum Gasteiger partial charge on any atom is -0.350 e. The number of fused-ring (bicyclic) bond motifs is 1. The summed E-state index contributed by atoms with van der Waals surface area (Å²) in [7, 11) is 1.78. The molecule has 0 bridgehead atoms. The van der Waals surface area contributed by atoms with Crippen molar-refractivity contribution in [2.24, 2.45) is 7.05 Å². The molecule has 3 heterocycles. The maximum atomic E-state index is 13.5. The highest BCUT2D eigenvalue weighted by molar-refractivity contribution is 7.13. The number of rotatable bonds is 2. The highest BCUT2D eigenvalue weighted by Gasteiger charge is 2.17. The summed E-state index contributed by atoms with van der Waals surface area (Å²) in [6.45, 7) is 0. The van der Waals surface area contributed by atoms with Crippen LogP contribution in [0.5, 0.6) is 0 Å². The van der Waals surface area contributed by atoms with Crippen LogP contribution in [0.2, 0.25) is 0 Å². The number of benzene rings is 1. The van der Waals surface area contributed by atoms with Crippen LogP contribution in [0.25, 0.3) is 33.1 Å². The molecule has 0 amide bonds. The predicted octanol–water partition coefficient (Wildman–Crippen LogP) is 3.46. The molecule has 0 aliphatic rings. The fourth-order valence-corrected chi connectivity index (χ4v) is 3.10. The monoisotopic (exact) mass is 327 g/mol. The normalized spacial score (nSPS) is 11.2. The van der Waals surface area contributed by atoms with Gasteiger partial charge in [0.2, 0.25) is 11.3 Å². The van der Waals surface area contributed by atoms with Gasteiger partial charge in [-0.2, -0.15) is 4.98 Å². The van der Waals surface area contributed by atoms with Crippen LogP contribution < -0.4 is 5.43 Å². The molecule has 5 nitrogen and oxygen atoms in total. The number of aryl methyl sites for hydroxylation is 1. The van der Waals surface area contributed by atoms with Gasteiger partial charge in [-0.25, -0.2) is 4.39 Å². The minimum absolute atomic E-state index is 0.125. The molecule has 0 aliphatic heterocycles. The highest BCUT2D eigenvalue weighted by atomic mass is 32.1. The molecule has 1 aromatic carbocycles. The van der Waals surface area contributed by atoms with Gasteiger partial charge >= 0.3 is 0 Å². The lowest BCUT2D eigenvalue weighted by atomic mass is 10.1. The molecule has 0 atom stereocenters. The number of nitrogens with zero attached hydrogens (tertiary/aromatic N) is 3. The molecular weight excluding hydrogens is 317 g/mol. The summed E-state index contributed by atoms with van der Waals surface area (Å²) in [6.07, 6.45) is 1.62. The van der Waals surface area contributed by atoms with Crippen LogP contribution in [-0.4, -0.2) is 14.7 Å². The molecule has 3 aromatic heterocycles. The molecule has 0 radical (unpaired) electrons. The van der Waals surface area contributed by atoms with Gasteiger partial charge in [-0.15, -0.1) is 11.3 Å². The zero-order chi connectivity index (χ0) is 16.0. The second kappa shape index (κ2) is 5.13. The van der Waals surface area contributed by atoms with E-state index in [1.54, 1.807) is 23.9 Å². The van der Waals surface area contributed by atoms with E-state index in [1.165, 1.54) is 23.5 Å². The van der Waals surface area contributed by atoms with Gasteiger partial charge in [0.05, 0.1) is 10.4 Å². The first kappa shape index (κ1) is 13.8. The summed E-state index contributed by atoms with van der Waals surface area (Å²) >= 11 is 1.48. The van der Waals surface area contributed by atoms with E-state index in [9.17, 15) is 9.18 Å². The van der Waals surface area contributed by atoms with E-state index in [1.807, 2.05) is 17.5 Å². The summed E-state index contributed by atoms with van der Waals surface area (Å²) in [4.78, 5) is 17.8. The van der Waals surface area contributed by atoms with Crippen LogP contribution in [0.4, 0.5) is 4.39 Å². The Bertz CT molecular complexity index is 1070.